The first-order valence-electron chi connectivity index (χ1n) is 7.57. The van der Waals surface area contributed by atoms with Gasteiger partial charge in [0.2, 0.25) is 0 Å². The number of hydrogen-bond donors (Lipinski definition) is 2. The molecule has 2 rings (SSSR count). The van der Waals surface area contributed by atoms with Crippen LogP contribution in [-0.4, -0.2) is 19.6 Å². The van der Waals surface area contributed by atoms with Crippen molar-refractivity contribution in [1.82, 2.24) is 0 Å². The van der Waals surface area contributed by atoms with Crippen molar-refractivity contribution in [3.63, 3.8) is 0 Å². The van der Waals surface area contributed by atoms with Crippen molar-refractivity contribution in [1.29, 1.82) is 0 Å². The van der Waals surface area contributed by atoms with Gasteiger partial charge in [-0.1, -0.05) is 46.3 Å². The summed E-state index contributed by atoms with van der Waals surface area (Å²) >= 11 is 3.48. The predicted octanol–water partition coefficient (Wildman–Crippen LogP) is 3.95. The van der Waals surface area contributed by atoms with E-state index in [1.54, 1.807) is 7.11 Å². The lowest BCUT2D eigenvalue weighted by molar-refractivity contribution is 0.185. The smallest absolute Gasteiger partial charge is 0.193 e. The van der Waals surface area contributed by atoms with Crippen molar-refractivity contribution in [3.05, 3.63) is 64.1 Å². The first-order valence-corrected chi connectivity index (χ1v) is 8.36. The zero-order valence-corrected chi connectivity index (χ0v) is 14.8. The first kappa shape index (κ1) is 17.5. The average Bonchev–Trinajstić information content (AvgIpc) is 2.54. The second-order valence-corrected chi connectivity index (χ2v) is 6.13. The van der Waals surface area contributed by atoms with E-state index in [1.165, 1.54) is 5.56 Å². The lowest BCUT2D eigenvalue weighted by atomic mass is 10.1. The van der Waals surface area contributed by atoms with Crippen molar-refractivity contribution >= 4 is 27.6 Å². The van der Waals surface area contributed by atoms with E-state index in [-0.39, 0.29) is 0 Å². The standard InChI is InChI=1S/C18H22BrN3O/c1-23-13-15-8-2-3-10-17(15)22-18(20)21-11-5-7-14-6-4-9-16(19)12-14/h2-4,6,8-10,12H,5,7,11,13H2,1H3,(H3,20,21,22). The molecular weight excluding hydrogens is 354 g/mol. The molecule has 3 N–H and O–H groups in total. The number of rotatable bonds is 7. The highest BCUT2D eigenvalue weighted by atomic mass is 79.9. The van der Waals surface area contributed by atoms with Crippen LogP contribution in [0.2, 0.25) is 0 Å². The highest BCUT2D eigenvalue weighted by Crippen LogP contribution is 2.15. The first-order chi connectivity index (χ1) is 11.2. The van der Waals surface area contributed by atoms with E-state index in [0.717, 1.165) is 28.6 Å². The third-order valence-electron chi connectivity index (χ3n) is 3.37. The summed E-state index contributed by atoms with van der Waals surface area (Å²) in [5.74, 6) is 0.433. The van der Waals surface area contributed by atoms with E-state index < -0.39 is 0 Å². The summed E-state index contributed by atoms with van der Waals surface area (Å²) < 4.78 is 6.29. The van der Waals surface area contributed by atoms with Crippen LogP contribution < -0.4 is 11.1 Å². The Morgan fingerprint density at radius 2 is 2.04 bits per heavy atom. The van der Waals surface area contributed by atoms with Crippen LogP contribution in [0.3, 0.4) is 0 Å². The van der Waals surface area contributed by atoms with Crippen LogP contribution in [-0.2, 0) is 17.8 Å². The molecule has 0 fully saturated rings. The van der Waals surface area contributed by atoms with Crippen molar-refractivity contribution in [3.8, 4) is 0 Å². The van der Waals surface area contributed by atoms with E-state index in [9.17, 15) is 0 Å². The van der Waals surface area contributed by atoms with Crippen LogP contribution in [0.25, 0.3) is 0 Å². The number of hydrogen-bond acceptors (Lipinski definition) is 2. The molecular formula is C18H22BrN3O. The maximum atomic E-state index is 5.96. The van der Waals surface area contributed by atoms with Crippen molar-refractivity contribution in [2.24, 2.45) is 10.7 Å². The van der Waals surface area contributed by atoms with Crippen LogP contribution in [0.1, 0.15) is 17.5 Å². The summed E-state index contributed by atoms with van der Waals surface area (Å²) in [6, 6.07) is 16.2. The average molecular weight is 376 g/mol. The number of halogens is 1. The van der Waals surface area contributed by atoms with E-state index in [4.69, 9.17) is 10.5 Å². The largest absolute Gasteiger partial charge is 0.380 e. The Morgan fingerprint density at radius 1 is 1.22 bits per heavy atom. The molecule has 0 aliphatic carbocycles. The highest BCUT2D eigenvalue weighted by Gasteiger charge is 2.02. The number of nitrogens with one attached hydrogen (secondary N) is 1. The monoisotopic (exact) mass is 375 g/mol. The lowest BCUT2D eigenvalue weighted by Crippen LogP contribution is -2.23. The summed E-state index contributed by atoms with van der Waals surface area (Å²) in [7, 11) is 1.68. The minimum absolute atomic E-state index is 0.433. The quantitative estimate of drug-likeness (QED) is 0.437. The number of nitrogens with zero attached hydrogens (tertiary/aromatic N) is 1. The summed E-state index contributed by atoms with van der Waals surface area (Å²) in [6.07, 6.45) is 1.94. The van der Waals surface area contributed by atoms with Gasteiger partial charge in [-0.3, -0.25) is 4.99 Å². The maximum absolute atomic E-state index is 5.96. The van der Waals surface area contributed by atoms with Gasteiger partial charge in [-0.2, -0.15) is 0 Å². The van der Waals surface area contributed by atoms with Crippen LogP contribution in [0.4, 0.5) is 5.69 Å². The summed E-state index contributed by atoms with van der Waals surface area (Å²) in [5, 5.41) is 3.14. The SMILES string of the molecule is COCc1ccccc1NC(N)=NCCCc1cccc(Br)c1. The Kier molecular flexibility index (Phi) is 7.10. The Hall–Kier alpha value is -1.85. The number of nitrogens with two attached hydrogens (primary N) is 1. The Bertz CT molecular complexity index is 658. The third-order valence-corrected chi connectivity index (χ3v) is 3.87. The van der Waals surface area contributed by atoms with Gasteiger partial charge in [-0.25, -0.2) is 0 Å². The second kappa shape index (κ2) is 9.33. The Balaban J connectivity index is 1.84. The summed E-state index contributed by atoms with van der Waals surface area (Å²) in [4.78, 5) is 4.39. The molecule has 23 heavy (non-hydrogen) atoms. The molecule has 0 bridgehead atoms. The van der Waals surface area contributed by atoms with E-state index in [0.29, 0.717) is 19.1 Å². The molecule has 0 atom stereocenters. The lowest BCUT2D eigenvalue weighted by Gasteiger charge is -2.10. The van der Waals surface area contributed by atoms with Gasteiger partial charge in [-0.05, 0) is 36.6 Å². The van der Waals surface area contributed by atoms with Crippen LogP contribution in [0.15, 0.2) is 58.0 Å². The third kappa shape index (κ3) is 6.04. The molecule has 0 amide bonds. The van der Waals surface area contributed by atoms with Gasteiger partial charge in [0.25, 0.3) is 0 Å². The Morgan fingerprint density at radius 3 is 2.83 bits per heavy atom. The molecule has 2 aromatic carbocycles. The van der Waals surface area contributed by atoms with Gasteiger partial charge in [0, 0.05) is 29.4 Å². The molecule has 122 valence electrons. The van der Waals surface area contributed by atoms with Gasteiger partial charge in [-0.15, -0.1) is 0 Å². The zero-order chi connectivity index (χ0) is 16.5. The number of aliphatic imine (C=N–C) groups is 1. The summed E-state index contributed by atoms with van der Waals surface area (Å²) in [5.41, 5.74) is 9.25. The fourth-order valence-corrected chi connectivity index (χ4v) is 2.72. The summed E-state index contributed by atoms with van der Waals surface area (Å²) in [6.45, 7) is 1.23. The van der Waals surface area contributed by atoms with Crippen LogP contribution in [0.5, 0.6) is 0 Å². The molecule has 0 aromatic heterocycles. The molecule has 4 nitrogen and oxygen atoms in total. The second-order valence-electron chi connectivity index (χ2n) is 5.22. The number of benzene rings is 2. The minimum atomic E-state index is 0.433. The van der Waals surface area contributed by atoms with Crippen molar-refractivity contribution in [2.45, 2.75) is 19.4 Å². The topological polar surface area (TPSA) is 59.6 Å². The number of methoxy groups -OCH3 is 1. The van der Waals surface area contributed by atoms with Gasteiger partial charge in [0.15, 0.2) is 5.96 Å². The van der Waals surface area contributed by atoms with Gasteiger partial charge >= 0.3 is 0 Å². The van der Waals surface area contributed by atoms with Crippen LogP contribution >= 0.6 is 15.9 Å². The number of para-hydroxylation sites is 1. The normalized spacial score (nSPS) is 11.5. The molecule has 0 spiro atoms. The number of aryl methyl sites for hydroxylation is 1. The molecule has 0 aliphatic rings. The minimum Gasteiger partial charge on any atom is -0.380 e. The molecule has 0 heterocycles. The van der Waals surface area contributed by atoms with Gasteiger partial charge in [0.1, 0.15) is 0 Å². The fourth-order valence-electron chi connectivity index (χ4n) is 2.28. The molecule has 0 saturated heterocycles. The van der Waals surface area contributed by atoms with E-state index in [2.05, 4.69) is 38.4 Å². The molecule has 5 heteroatoms. The molecule has 2 aromatic rings. The Labute approximate surface area is 145 Å². The van der Waals surface area contributed by atoms with E-state index >= 15 is 0 Å². The van der Waals surface area contributed by atoms with Crippen molar-refractivity contribution < 1.29 is 4.74 Å². The molecule has 0 unspecified atom stereocenters. The zero-order valence-electron chi connectivity index (χ0n) is 13.3. The molecule has 0 saturated carbocycles. The molecule has 0 aliphatic heterocycles. The number of ether oxygens (including phenoxy) is 1. The van der Waals surface area contributed by atoms with Gasteiger partial charge in [0.05, 0.1) is 6.61 Å². The molecule has 0 radical (unpaired) electrons. The highest BCUT2D eigenvalue weighted by molar-refractivity contribution is 9.10. The maximum Gasteiger partial charge on any atom is 0.193 e. The predicted molar refractivity (Wildman–Crippen MR) is 99.7 cm³/mol. The van der Waals surface area contributed by atoms with Crippen LogP contribution in [0, 0.1) is 0 Å². The number of guanidine groups is 1. The fraction of sp³-hybridized carbons (Fsp3) is 0.278. The number of anilines is 1. The van der Waals surface area contributed by atoms with Crippen molar-refractivity contribution in [2.75, 3.05) is 19.0 Å². The van der Waals surface area contributed by atoms with E-state index in [1.807, 2.05) is 36.4 Å². The van der Waals surface area contributed by atoms with Gasteiger partial charge < -0.3 is 15.8 Å².